The molecule has 1 amide bonds. The Kier molecular flexibility index (Phi) is 4.57. The number of piperazine rings is 1. The fourth-order valence-electron chi connectivity index (χ4n) is 2.59. The number of anilines is 1. The molecule has 3 rings (SSSR count). The van der Waals surface area contributed by atoms with Crippen molar-refractivity contribution >= 4 is 28.9 Å². The normalized spacial score (nSPS) is 14.8. The zero-order valence-electron chi connectivity index (χ0n) is 12.5. The van der Waals surface area contributed by atoms with Crippen LogP contribution < -0.4 is 4.90 Å². The maximum absolute atomic E-state index is 12.3. The number of pyridine rings is 1. The minimum Gasteiger partial charge on any atom is -0.477 e. The van der Waals surface area contributed by atoms with Crippen LogP contribution in [0.3, 0.4) is 0 Å². The van der Waals surface area contributed by atoms with Crippen LogP contribution in [-0.2, 0) is 11.2 Å². The van der Waals surface area contributed by atoms with Gasteiger partial charge in [-0.15, -0.1) is 11.3 Å². The van der Waals surface area contributed by atoms with Crippen molar-refractivity contribution in [2.45, 2.75) is 6.42 Å². The number of amides is 1. The van der Waals surface area contributed by atoms with E-state index in [4.69, 9.17) is 5.11 Å². The molecular weight excluding hydrogens is 314 g/mol. The quantitative estimate of drug-likeness (QED) is 0.924. The van der Waals surface area contributed by atoms with Crippen molar-refractivity contribution in [3.63, 3.8) is 0 Å². The number of carbonyl (C=O) groups excluding carboxylic acids is 1. The summed E-state index contributed by atoms with van der Waals surface area (Å²) in [6, 6.07) is 7.21. The highest BCUT2D eigenvalue weighted by Crippen LogP contribution is 2.17. The Morgan fingerprint density at radius 1 is 1.17 bits per heavy atom. The Hall–Kier alpha value is -2.41. The van der Waals surface area contributed by atoms with Crippen molar-refractivity contribution in [1.29, 1.82) is 0 Å². The fraction of sp³-hybridized carbons (Fsp3) is 0.312. The molecule has 3 heterocycles. The third kappa shape index (κ3) is 3.68. The number of aromatic nitrogens is 1. The molecule has 0 aromatic carbocycles. The summed E-state index contributed by atoms with van der Waals surface area (Å²) in [4.78, 5) is 32.1. The predicted octanol–water partition coefficient (Wildman–Crippen LogP) is 1.73. The number of hydrogen-bond acceptors (Lipinski definition) is 5. The van der Waals surface area contributed by atoms with Crippen LogP contribution in [0, 0.1) is 0 Å². The first-order valence-corrected chi connectivity index (χ1v) is 8.26. The van der Waals surface area contributed by atoms with Crippen molar-refractivity contribution in [1.82, 2.24) is 9.88 Å². The molecular formula is C16H17N3O3S. The second kappa shape index (κ2) is 6.78. The minimum atomic E-state index is -1.03. The maximum atomic E-state index is 12.3. The lowest BCUT2D eigenvalue weighted by atomic mass is 10.2. The van der Waals surface area contributed by atoms with Crippen LogP contribution in [0.5, 0.6) is 0 Å². The first-order valence-electron chi connectivity index (χ1n) is 7.38. The number of thiophene rings is 1. The van der Waals surface area contributed by atoms with E-state index in [1.54, 1.807) is 23.6 Å². The van der Waals surface area contributed by atoms with Gasteiger partial charge in [-0.2, -0.15) is 0 Å². The highest BCUT2D eigenvalue weighted by molar-refractivity contribution is 7.10. The molecule has 0 spiro atoms. The van der Waals surface area contributed by atoms with Gasteiger partial charge in [0.15, 0.2) is 0 Å². The summed E-state index contributed by atoms with van der Waals surface area (Å²) >= 11 is 1.60. The predicted molar refractivity (Wildman–Crippen MR) is 88.0 cm³/mol. The summed E-state index contributed by atoms with van der Waals surface area (Å²) in [6.45, 7) is 2.80. The van der Waals surface area contributed by atoms with E-state index in [-0.39, 0.29) is 11.6 Å². The number of nitrogens with zero attached hydrogens (tertiary/aromatic N) is 3. The second-order valence-electron chi connectivity index (χ2n) is 5.33. The lowest BCUT2D eigenvalue weighted by Crippen LogP contribution is -2.49. The molecule has 0 aliphatic carbocycles. The number of carboxylic acid groups (broad SMARTS) is 1. The van der Waals surface area contributed by atoms with Gasteiger partial charge < -0.3 is 14.9 Å². The van der Waals surface area contributed by atoms with Gasteiger partial charge in [-0.1, -0.05) is 6.07 Å². The van der Waals surface area contributed by atoms with E-state index >= 15 is 0 Å². The van der Waals surface area contributed by atoms with Crippen LogP contribution in [-0.4, -0.2) is 53.0 Å². The van der Waals surface area contributed by atoms with Gasteiger partial charge in [-0.05, 0) is 23.6 Å². The summed E-state index contributed by atoms with van der Waals surface area (Å²) < 4.78 is 0. The molecule has 2 aromatic heterocycles. The lowest BCUT2D eigenvalue weighted by Gasteiger charge is -2.36. The molecule has 0 radical (unpaired) electrons. The van der Waals surface area contributed by atoms with Crippen molar-refractivity contribution in [2.75, 3.05) is 31.1 Å². The average molecular weight is 331 g/mol. The van der Waals surface area contributed by atoms with E-state index in [0.29, 0.717) is 19.5 Å². The molecule has 1 aliphatic rings. The molecule has 0 bridgehead atoms. The second-order valence-corrected chi connectivity index (χ2v) is 6.36. The number of carboxylic acids is 1. The molecule has 1 fully saturated rings. The Labute approximate surface area is 138 Å². The molecule has 0 unspecified atom stereocenters. The molecule has 7 heteroatoms. The topological polar surface area (TPSA) is 73.7 Å². The zero-order chi connectivity index (χ0) is 16.2. The fourth-order valence-corrected chi connectivity index (χ4v) is 3.28. The Bertz CT molecular complexity index is 677. The standard InChI is InChI=1S/C16H17N3O3S/c20-15(10-13-2-1-9-23-13)19-7-5-18(6-8-19)12-3-4-14(16(21)22)17-11-12/h1-4,9,11H,5-8,10H2,(H,21,22). The van der Waals surface area contributed by atoms with E-state index in [9.17, 15) is 9.59 Å². The third-order valence-corrected chi connectivity index (χ3v) is 4.75. The molecule has 120 valence electrons. The third-order valence-electron chi connectivity index (χ3n) is 3.87. The van der Waals surface area contributed by atoms with Crippen molar-refractivity contribution in [2.24, 2.45) is 0 Å². The number of aromatic carboxylic acids is 1. The first kappa shape index (κ1) is 15.5. The van der Waals surface area contributed by atoms with Crippen LogP contribution in [0.4, 0.5) is 5.69 Å². The summed E-state index contributed by atoms with van der Waals surface area (Å²) in [5.41, 5.74) is 0.930. The maximum Gasteiger partial charge on any atom is 0.354 e. The number of hydrogen-bond donors (Lipinski definition) is 1. The van der Waals surface area contributed by atoms with Crippen molar-refractivity contribution in [3.05, 3.63) is 46.4 Å². The van der Waals surface area contributed by atoms with E-state index in [1.165, 1.54) is 6.07 Å². The number of rotatable bonds is 4. The van der Waals surface area contributed by atoms with Crippen LogP contribution in [0.2, 0.25) is 0 Å². The average Bonchev–Trinajstić information content (AvgIpc) is 3.08. The van der Waals surface area contributed by atoms with Crippen LogP contribution >= 0.6 is 11.3 Å². The molecule has 6 nitrogen and oxygen atoms in total. The van der Waals surface area contributed by atoms with Gasteiger partial charge in [-0.25, -0.2) is 9.78 Å². The SMILES string of the molecule is O=C(O)c1ccc(N2CCN(C(=O)Cc3cccs3)CC2)cn1. The van der Waals surface area contributed by atoms with Crippen molar-refractivity contribution < 1.29 is 14.7 Å². The summed E-state index contributed by atoms with van der Waals surface area (Å²) in [5.74, 6) is -0.869. The smallest absolute Gasteiger partial charge is 0.354 e. The molecule has 1 aliphatic heterocycles. The van der Waals surface area contributed by atoms with Crippen LogP contribution in [0.1, 0.15) is 15.4 Å². The van der Waals surface area contributed by atoms with Gasteiger partial charge in [0.2, 0.25) is 5.91 Å². The molecule has 1 saturated heterocycles. The van der Waals surface area contributed by atoms with Crippen molar-refractivity contribution in [3.8, 4) is 0 Å². The summed E-state index contributed by atoms with van der Waals surface area (Å²) in [5, 5.41) is 10.8. The largest absolute Gasteiger partial charge is 0.477 e. The van der Waals surface area contributed by atoms with E-state index in [0.717, 1.165) is 23.7 Å². The van der Waals surface area contributed by atoms with Gasteiger partial charge in [0.1, 0.15) is 5.69 Å². The zero-order valence-corrected chi connectivity index (χ0v) is 13.3. The molecule has 0 atom stereocenters. The Morgan fingerprint density at radius 2 is 1.96 bits per heavy atom. The highest BCUT2D eigenvalue weighted by atomic mass is 32.1. The van der Waals surface area contributed by atoms with Gasteiger partial charge in [0.05, 0.1) is 18.3 Å². The monoisotopic (exact) mass is 331 g/mol. The van der Waals surface area contributed by atoms with E-state index in [1.807, 2.05) is 22.4 Å². The van der Waals surface area contributed by atoms with E-state index < -0.39 is 5.97 Å². The van der Waals surface area contributed by atoms with Gasteiger partial charge in [0, 0.05) is 31.1 Å². The van der Waals surface area contributed by atoms with E-state index in [2.05, 4.69) is 9.88 Å². The Morgan fingerprint density at radius 3 is 2.52 bits per heavy atom. The van der Waals surface area contributed by atoms with Gasteiger partial charge >= 0.3 is 5.97 Å². The Balaban J connectivity index is 1.55. The minimum absolute atomic E-state index is 0.0403. The molecule has 0 saturated carbocycles. The molecule has 1 N–H and O–H groups in total. The molecule has 23 heavy (non-hydrogen) atoms. The summed E-state index contributed by atoms with van der Waals surface area (Å²) in [7, 11) is 0. The van der Waals surface area contributed by atoms with Crippen LogP contribution in [0.15, 0.2) is 35.8 Å². The summed E-state index contributed by atoms with van der Waals surface area (Å²) in [6.07, 6.45) is 2.04. The highest BCUT2D eigenvalue weighted by Gasteiger charge is 2.22. The van der Waals surface area contributed by atoms with Crippen LogP contribution in [0.25, 0.3) is 0 Å². The number of carbonyl (C=O) groups is 2. The molecule has 2 aromatic rings. The first-order chi connectivity index (χ1) is 11.1. The lowest BCUT2D eigenvalue weighted by molar-refractivity contribution is -0.130. The van der Waals surface area contributed by atoms with Gasteiger partial charge in [-0.3, -0.25) is 4.79 Å². The van der Waals surface area contributed by atoms with Gasteiger partial charge in [0.25, 0.3) is 0 Å².